The summed E-state index contributed by atoms with van der Waals surface area (Å²) in [4.78, 5) is 8.10. The van der Waals surface area contributed by atoms with Crippen molar-refractivity contribution in [2.24, 2.45) is 0 Å². The molecule has 8 heteroatoms. The van der Waals surface area contributed by atoms with Crippen LogP contribution in [0.3, 0.4) is 0 Å². The Morgan fingerprint density at radius 3 is 2.75 bits per heavy atom. The zero-order valence-electron chi connectivity index (χ0n) is 12.8. The molecular formula is C16H15AsClF3N3. The van der Waals surface area contributed by atoms with Crippen LogP contribution < -0.4 is 9.80 Å². The fourth-order valence-corrected chi connectivity index (χ4v) is 5.91. The van der Waals surface area contributed by atoms with Crippen molar-refractivity contribution in [3.05, 3.63) is 46.9 Å². The maximum absolute atomic E-state index is 13.1. The van der Waals surface area contributed by atoms with Crippen LogP contribution in [0.2, 0.25) is 5.15 Å². The molecule has 1 N–H and O–H groups in total. The van der Waals surface area contributed by atoms with Gasteiger partial charge in [0, 0.05) is 0 Å². The first-order valence-corrected chi connectivity index (χ1v) is 9.93. The summed E-state index contributed by atoms with van der Waals surface area (Å²) in [5.41, 5.74) is 0.913. The fourth-order valence-electron chi connectivity index (χ4n) is 2.77. The zero-order valence-corrected chi connectivity index (χ0v) is 15.4. The summed E-state index contributed by atoms with van der Waals surface area (Å²) in [7, 11) is 0. The van der Waals surface area contributed by atoms with Crippen molar-refractivity contribution in [1.82, 2.24) is 9.97 Å². The van der Waals surface area contributed by atoms with Crippen LogP contribution in [0.15, 0.2) is 30.6 Å². The van der Waals surface area contributed by atoms with Gasteiger partial charge in [-0.15, -0.1) is 0 Å². The maximum atomic E-state index is 13.1. The van der Waals surface area contributed by atoms with Gasteiger partial charge in [-0.25, -0.2) is 0 Å². The van der Waals surface area contributed by atoms with E-state index >= 15 is 0 Å². The minimum atomic E-state index is -4.34. The molecule has 1 aliphatic heterocycles. The molecule has 3 nitrogen and oxygen atoms in total. The summed E-state index contributed by atoms with van der Waals surface area (Å²) in [6.45, 7) is 2.07. The number of benzene rings is 1. The van der Waals surface area contributed by atoms with Crippen molar-refractivity contribution in [2.75, 3.05) is 5.32 Å². The molecule has 0 spiro atoms. The van der Waals surface area contributed by atoms with Gasteiger partial charge >= 0.3 is 150 Å². The number of nitrogens with zero attached hydrogens (tertiary/aromatic N) is 2. The molecule has 24 heavy (non-hydrogen) atoms. The van der Waals surface area contributed by atoms with Gasteiger partial charge in [-0.05, 0) is 0 Å². The molecular weight excluding hydrogens is 402 g/mol. The number of halogens is 4. The second-order valence-electron chi connectivity index (χ2n) is 5.63. The number of hydrogen-bond donors (Lipinski definition) is 1. The Morgan fingerprint density at radius 2 is 2.08 bits per heavy atom. The van der Waals surface area contributed by atoms with E-state index in [0.29, 0.717) is 5.15 Å². The Hall–Kier alpha value is -1.26. The van der Waals surface area contributed by atoms with E-state index in [1.165, 1.54) is 12.4 Å². The molecule has 0 amide bonds. The molecule has 0 unspecified atom stereocenters. The molecule has 0 aliphatic carbocycles. The van der Waals surface area contributed by atoms with E-state index in [4.69, 9.17) is 11.6 Å². The van der Waals surface area contributed by atoms with E-state index < -0.39 is 27.5 Å². The summed E-state index contributed by atoms with van der Waals surface area (Å²) >= 11 is 5.45. The SMILES string of the molecule is CC[C@@H]1C[C@H]([As]c2cc(Cl)ncn2)c2cc(C(F)(F)F)ccc2N1. The van der Waals surface area contributed by atoms with Crippen LogP contribution in [0.25, 0.3) is 0 Å². The van der Waals surface area contributed by atoms with Crippen LogP contribution in [-0.2, 0) is 6.18 Å². The van der Waals surface area contributed by atoms with Crippen molar-refractivity contribution >= 4 is 37.5 Å². The molecule has 0 bridgehead atoms. The van der Waals surface area contributed by atoms with E-state index in [2.05, 4.69) is 22.2 Å². The number of aromatic nitrogens is 2. The average Bonchev–Trinajstić information content (AvgIpc) is 2.53. The molecule has 127 valence electrons. The molecule has 2 heterocycles. The molecule has 1 aliphatic rings. The van der Waals surface area contributed by atoms with Gasteiger partial charge in [0.05, 0.1) is 0 Å². The van der Waals surface area contributed by atoms with Crippen molar-refractivity contribution in [1.29, 1.82) is 0 Å². The Kier molecular flexibility index (Phi) is 5.07. The van der Waals surface area contributed by atoms with Crippen LogP contribution in [0, 0.1) is 0 Å². The van der Waals surface area contributed by atoms with Crippen molar-refractivity contribution in [2.45, 2.75) is 36.7 Å². The van der Waals surface area contributed by atoms with Crippen LogP contribution in [0.5, 0.6) is 0 Å². The average molecular weight is 417 g/mol. The zero-order chi connectivity index (χ0) is 17.3. The number of alkyl halides is 3. The third-order valence-corrected chi connectivity index (χ3v) is 6.96. The summed E-state index contributed by atoms with van der Waals surface area (Å²) < 4.78 is 40.1. The molecule has 2 aromatic rings. The normalized spacial score (nSPS) is 20.9. The number of rotatable bonds is 3. The van der Waals surface area contributed by atoms with Gasteiger partial charge in [0.1, 0.15) is 0 Å². The van der Waals surface area contributed by atoms with E-state index in [9.17, 15) is 13.2 Å². The predicted octanol–water partition coefficient (Wildman–Crippen LogP) is 3.81. The first-order valence-electron chi connectivity index (χ1n) is 7.53. The second-order valence-corrected chi connectivity index (χ2v) is 8.83. The Labute approximate surface area is 149 Å². The van der Waals surface area contributed by atoms with Gasteiger partial charge in [0.2, 0.25) is 0 Å². The molecule has 0 fully saturated rings. The van der Waals surface area contributed by atoms with E-state index in [1.54, 1.807) is 12.1 Å². The molecule has 3 rings (SSSR count). The minimum absolute atomic E-state index is 0.0516. The van der Waals surface area contributed by atoms with Crippen LogP contribution in [-0.4, -0.2) is 31.8 Å². The number of anilines is 1. The van der Waals surface area contributed by atoms with Gasteiger partial charge in [-0.3, -0.25) is 0 Å². The summed E-state index contributed by atoms with van der Waals surface area (Å²) in [5.74, 6) is 0. The monoisotopic (exact) mass is 416 g/mol. The third kappa shape index (κ3) is 3.86. The Morgan fingerprint density at radius 1 is 1.29 bits per heavy atom. The van der Waals surface area contributed by atoms with Crippen LogP contribution in [0.4, 0.5) is 18.9 Å². The van der Waals surface area contributed by atoms with Crippen molar-refractivity contribution in [3.8, 4) is 0 Å². The van der Waals surface area contributed by atoms with E-state index in [0.717, 1.165) is 34.6 Å². The first-order chi connectivity index (χ1) is 11.4. The number of nitrogens with one attached hydrogen (secondary N) is 1. The van der Waals surface area contributed by atoms with Gasteiger partial charge < -0.3 is 0 Å². The molecule has 1 aromatic carbocycles. The second kappa shape index (κ2) is 6.93. The van der Waals surface area contributed by atoms with Crippen LogP contribution >= 0.6 is 11.6 Å². The van der Waals surface area contributed by atoms with Crippen LogP contribution in [0.1, 0.15) is 35.6 Å². The third-order valence-electron chi connectivity index (χ3n) is 4.01. The fraction of sp³-hybridized carbons (Fsp3) is 0.375. The van der Waals surface area contributed by atoms with Gasteiger partial charge in [-0.1, -0.05) is 0 Å². The quantitative estimate of drug-likeness (QED) is 0.611. The Bertz CT molecular complexity index is 739. The number of fused-ring (bicyclic) bond motifs is 1. The van der Waals surface area contributed by atoms with E-state index in [-0.39, 0.29) is 10.7 Å². The van der Waals surface area contributed by atoms with Crippen molar-refractivity contribution < 1.29 is 13.2 Å². The Balaban J connectivity index is 1.97. The number of hydrogen-bond acceptors (Lipinski definition) is 3. The molecule has 2 atom stereocenters. The topological polar surface area (TPSA) is 37.8 Å². The van der Waals surface area contributed by atoms with Crippen molar-refractivity contribution in [3.63, 3.8) is 0 Å². The van der Waals surface area contributed by atoms with E-state index in [1.807, 2.05) is 0 Å². The molecule has 1 radical (unpaired) electrons. The standard InChI is InChI=1S/C16H15AsClF3N3/c1-2-10-6-12(17-14-7-15(18)23-8-22-14)11-5-9(16(19,20)21)3-4-13(11)24-10/h3-5,7-8,10,12,24H,2,6H2,1H3/t10-,12+/m1/s1. The molecule has 0 saturated heterocycles. The predicted molar refractivity (Wildman–Crippen MR) is 88.9 cm³/mol. The summed E-state index contributed by atoms with van der Waals surface area (Å²) in [6, 6.07) is 5.92. The first kappa shape index (κ1) is 17.6. The van der Waals surface area contributed by atoms with Gasteiger partial charge in [0.15, 0.2) is 0 Å². The molecule has 0 saturated carbocycles. The van der Waals surface area contributed by atoms with Gasteiger partial charge in [0.25, 0.3) is 0 Å². The summed E-state index contributed by atoms with van der Waals surface area (Å²) in [6.07, 6.45) is -1.22. The molecule has 1 aromatic heterocycles. The summed E-state index contributed by atoms with van der Waals surface area (Å²) in [5, 5.41) is 3.70. The van der Waals surface area contributed by atoms with Gasteiger partial charge in [-0.2, -0.15) is 0 Å².